The molecule has 1 fully saturated rings. The van der Waals surface area contributed by atoms with Crippen molar-refractivity contribution in [3.63, 3.8) is 0 Å². The van der Waals surface area contributed by atoms with Gasteiger partial charge < -0.3 is 9.80 Å². The van der Waals surface area contributed by atoms with Crippen molar-refractivity contribution in [1.82, 2.24) is 9.88 Å². The highest BCUT2D eigenvalue weighted by Crippen LogP contribution is 2.30. The van der Waals surface area contributed by atoms with Crippen molar-refractivity contribution in [3.8, 4) is 11.3 Å². The quantitative estimate of drug-likeness (QED) is 0.412. The van der Waals surface area contributed by atoms with Crippen LogP contribution in [0.1, 0.15) is 47.2 Å². The number of halogens is 1. The topological polar surface area (TPSA) is 36.4 Å². The Kier molecular flexibility index (Phi) is 7.08. The van der Waals surface area contributed by atoms with E-state index < -0.39 is 0 Å². The number of nitrogens with zero attached hydrogens (tertiary/aromatic N) is 3. The van der Waals surface area contributed by atoms with E-state index in [0.717, 1.165) is 49.3 Å². The summed E-state index contributed by atoms with van der Waals surface area (Å²) in [5.41, 5.74) is 5.89. The van der Waals surface area contributed by atoms with Crippen molar-refractivity contribution in [1.29, 1.82) is 0 Å². The molecule has 0 radical (unpaired) electrons. The molecular weight excluding hydrogens is 442 g/mol. The molecule has 1 saturated heterocycles. The fourth-order valence-electron chi connectivity index (χ4n) is 4.88. The Labute approximate surface area is 206 Å². The normalized spacial score (nSPS) is 16.2. The van der Waals surface area contributed by atoms with Crippen LogP contribution in [0, 0.1) is 0 Å². The van der Waals surface area contributed by atoms with Crippen LogP contribution < -0.4 is 4.90 Å². The summed E-state index contributed by atoms with van der Waals surface area (Å²) in [4.78, 5) is 22.3. The summed E-state index contributed by atoms with van der Waals surface area (Å²) in [6.45, 7) is 4.37. The molecule has 0 N–H and O–H groups in total. The number of carbonyl (C=O) groups is 1. The molecule has 3 heterocycles. The van der Waals surface area contributed by atoms with E-state index in [1.54, 1.807) is 6.20 Å². The molecule has 5 heteroatoms. The first kappa shape index (κ1) is 22.8. The number of rotatable bonds is 6. The smallest absolute Gasteiger partial charge is 0.259 e. The second kappa shape index (κ2) is 10.5. The second-order valence-corrected chi connectivity index (χ2v) is 9.56. The molecule has 5 rings (SSSR count). The van der Waals surface area contributed by atoms with E-state index in [9.17, 15) is 4.79 Å². The number of carbonyl (C=O) groups excluding carboxylic acids is 1. The number of hydrogen-bond donors (Lipinski definition) is 0. The Morgan fingerprint density at radius 3 is 2.56 bits per heavy atom. The Bertz CT molecular complexity index is 1160. The Morgan fingerprint density at radius 2 is 1.79 bits per heavy atom. The Hall–Kier alpha value is -2.95. The van der Waals surface area contributed by atoms with Crippen molar-refractivity contribution in [2.75, 3.05) is 31.1 Å². The number of fused-ring (bicyclic) bond motifs is 1. The van der Waals surface area contributed by atoms with Gasteiger partial charge in [-0.3, -0.25) is 9.78 Å². The van der Waals surface area contributed by atoms with Crippen LogP contribution in [0.5, 0.6) is 0 Å². The summed E-state index contributed by atoms with van der Waals surface area (Å²) >= 11 is 5.98. The molecule has 174 valence electrons. The number of benzene rings is 2. The highest BCUT2D eigenvalue weighted by molar-refractivity contribution is 6.30. The van der Waals surface area contributed by atoms with Gasteiger partial charge in [-0.1, -0.05) is 42.0 Å². The molecule has 2 aromatic carbocycles. The predicted octanol–water partition coefficient (Wildman–Crippen LogP) is 6.49. The molecule has 4 nitrogen and oxygen atoms in total. The lowest BCUT2D eigenvalue weighted by molar-refractivity contribution is 0.0985. The number of aryl methyl sites for hydroxylation is 1. The maximum Gasteiger partial charge on any atom is 0.259 e. The standard InChI is InChI=1S/C29H30ClN3O/c30-26-12-9-23(10-13-26)27-14-11-25(21-31-27)29(34)33-19-5-7-24-20-22(8-15-28(24)33)6-1-2-16-32-17-3-4-18-32/h1,6,8-15,20-21H,2-5,7,16-19H2/b6-1+. The first-order valence-corrected chi connectivity index (χ1v) is 12.6. The van der Waals surface area contributed by atoms with Gasteiger partial charge in [-0.2, -0.15) is 0 Å². The third-order valence-electron chi connectivity index (χ3n) is 6.74. The van der Waals surface area contributed by atoms with Crippen LogP contribution >= 0.6 is 11.6 Å². The van der Waals surface area contributed by atoms with Gasteiger partial charge in [0.05, 0.1) is 11.3 Å². The lowest BCUT2D eigenvalue weighted by Gasteiger charge is -2.30. The molecule has 0 bridgehead atoms. The van der Waals surface area contributed by atoms with E-state index >= 15 is 0 Å². The van der Waals surface area contributed by atoms with Gasteiger partial charge in [0.15, 0.2) is 0 Å². The van der Waals surface area contributed by atoms with E-state index in [2.05, 4.69) is 40.2 Å². The van der Waals surface area contributed by atoms with E-state index in [0.29, 0.717) is 10.6 Å². The van der Waals surface area contributed by atoms with Crippen molar-refractivity contribution >= 4 is 29.3 Å². The second-order valence-electron chi connectivity index (χ2n) is 9.13. The average molecular weight is 472 g/mol. The zero-order valence-corrected chi connectivity index (χ0v) is 20.2. The minimum Gasteiger partial charge on any atom is -0.308 e. The third kappa shape index (κ3) is 5.24. The van der Waals surface area contributed by atoms with Crippen molar-refractivity contribution in [2.45, 2.75) is 32.1 Å². The summed E-state index contributed by atoms with van der Waals surface area (Å²) in [5, 5.41) is 0.694. The van der Waals surface area contributed by atoms with Gasteiger partial charge >= 0.3 is 0 Å². The largest absolute Gasteiger partial charge is 0.308 e. The fourth-order valence-corrected chi connectivity index (χ4v) is 5.01. The minimum atomic E-state index is 0.00464. The van der Waals surface area contributed by atoms with Crippen molar-refractivity contribution < 1.29 is 4.79 Å². The van der Waals surface area contributed by atoms with Crippen molar-refractivity contribution in [2.24, 2.45) is 0 Å². The van der Waals surface area contributed by atoms with Gasteiger partial charge in [-0.15, -0.1) is 0 Å². The molecule has 2 aliphatic heterocycles. The Balaban J connectivity index is 1.27. The first-order chi connectivity index (χ1) is 16.7. The average Bonchev–Trinajstić information content (AvgIpc) is 3.40. The number of pyridine rings is 1. The molecule has 34 heavy (non-hydrogen) atoms. The van der Waals surface area contributed by atoms with Gasteiger partial charge in [0.25, 0.3) is 5.91 Å². The van der Waals surface area contributed by atoms with E-state index in [1.165, 1.54) is 37.1 Å². The van der Waals surface area contributed by atoms with Crippen LogP contribution in [0.3, 0.4) is 0 Å². The van der Waals surface area contributed by atoms with Gasteiger partial charge in [-0.05, 0) is 92.7 Å². The number of anilines is 1. The molecule has 0 atom stereocenters. The SMILES string of the molecule is O=C(c1ccc(-c2ccc(Cl)cc2)nc1)N1CCCc2cc(/C=C/CCN3CCCC3)ccc21. The molecule has 0 saturated carbocycles. The first-order valence-electron chi connectivity index (χ1n) is 12.2. The van der Waals surface area contributed by atoms with Crippen LogP contribution in [-0.4, -0.2) is 42.0 Å². The van der Waals surface area contributed by atoms with E-state index in [4.69, 9.17) is 11.6 Å². The maximum absolute atomic E-state index is 13.3. The summed E-state index contributed by atoms with van der Waals surface area (Å²) in [7, 11) is 0. The van der Waals surface area contributed by atoms with Crippen LogP contribution in [-0.2, 0) is 6.42 Å². The molecule has 3 aromatic rings. The summed E-state index contributed by atoms with van der Waals surface area (Å²) in [6.07, 6.45) is 11.9. The molecule has 1 aromatic heterocycles. The van der Waals surface area contributed by atoms with Gasteiger partial charge in [0, 0.05) is 35.6 Å². The highest BCUT2D eigenvalue weighted by atomic mass is 35.5. The van der Waals surface area contributed by atoms with Gasteiger partial charge in [0.2, 0.25) is 0 Å². The van der Waals surface area contributed by atoms with Gasteiger partial charge in [-0.25, -0.2) is 0 Å². The number of hydrogen-bond acceptors (Lipinski definition) is 3. The number of likely N-dealkylation sites (tertiary alicyclic amines) is 1. The number of aromatic nitrogens is 1. The number of amides is 1. The van der Waals surface area contributed by atoms with E-state index in [1.807, 2.05) is 41.3 Å². The lowest BCUT2D eigenvalue weighted by atomic mass is 9.98. The molecule has 0 unspecified atom stereocenters. The predicted molar refractivity (Wildman–Crippen MR) is 140 cm³/mol. The zero-order chi connectivity index (χ0) is 23.3. The van der Waals surface area contributed by atoms with Crippen LogP contribution in [0.25, 0.3) is 17.3 Å². The molecule has 0 aliphatic carbocycles. The summed E-state index contributed by atoms with van der Waals surface area (Å²) in [5.74, 6) is 0.00464. The highest BCUT2D eigenvalue weighted by Gasteiger charge is 2.24. The maximum atomic E-state index is 13.3. The zero-order valence-electron chi connectivity index (χ0n) is 19.4. The van der Waals surface area contributed by atoms with Crippen LogP contribution in [0.15, 0.2) is 66.9 Å². The van der Waals surface area contributed by atoms with E-state index in [-0.39, 0.29) is 5.91 Å². The van der Waals surface area contributed by atoms with Crippen LogP contribution in [0.2, 0.25) is 5.02 Å². The fraction of sp³-hybridized carbons (Fsp3) is 0.310. The molecule has 0 spiro atoms. The molecule has 1 amide bonds. The molecular formula is C29H30ClN3O. The minimum absolute atomic E-state index is 0.00464. The van der Waals surface area contributed by atoms with Gasteiger partial charge in [0.1, 0.15) is 0 Å². The summed E-state index contributed by atoms with van der Waals surface area (Å²) < 4.78 is 0. The summed E-state index contributed by atoms with van der Waals surface area (Å²) in [6, 6.07) is 17.8. The monoisotopic (exact) mass is 471 g/mol. The molecule has 2 aliphatic rings. The third-order valence-corrected chi connectivity index (χ3v) is 6.99. The lowest BCUT2D eigenvalue weighted by Crippen LogP contribution is -2.35. The van der Waals surface area contributed by atoms with Crippen LogP contribution in [0.4, 0.5) is 5.69 Å². The van der Waals surface area contributed by atoms with Crippen molar-refractivity contribution in [3.05, 3.63) is 88.6 Å². The Morgan fingerprint density at radius 1 is 0.971 bits per heavy atom.